The van der Waals surface area contributed by atoms with Crippen LogP contribution in [0.4, 0.5) is 0 Å². The number of aryl methyl sites for hydroxylation is 1. The minimum Gasteiger partial charge on any atom is -0.380 e. The van der Waals surface area contributed by atoms with Crippen molar-refractivity contribution in [3.05, 3.63) is 11.9 Å². The van der Waals surface area contributed by atoms with Gasteiger partial charge in [0, 0.05) is 57.1 Å². The van der Waals surface area contributed by atoms with Crippen LogP contribution in [0.3, 0.4) is 0 Å². The van der Waals surface area contributed by atoms with Crippen molar-refractivity contribution in [2.45, 2.75) is 111 Å². The minimum atomic E-state index is -0.769. The number of carbonyl (C=O) groups excluding carboxylic acids is 5. The molecule has 1 aromatic heterocycles. The molecule has 4 amide bonds. The van der Waals surface area contributed by atoms with Crippen LogP contribution in [0, 0.1) is 11.8 Å². The van der Waals surface area contributed by atoms with Gasteiger partial charge in [0.1, 0.15) is 5.78 Å². The predicted octanol–water partition coefficient (Wildman–Crippen LogP) is 0.759. The monoisotopic (exact) mass is 622 g/mol. The molecular formula is C30H54N8O6. The van der Waals surface area contributed by atoms with Gasteiger partial charge in [0.25, 0.3) is 0 Å². The number of amides is 4. The van der Waals surface area contributed by atoms with Gasteiger partial charge >= 0.3 is 0 Å². The summed E-state index contributed by atoms with van der Waals surface area (Å²) in [6.07, 6.45) is 7.36. The summed E-state index contributed by atoms with van der Waals surface area (Å²) in [5, 5.41) is 17.0. The highest BCUT2D eigenvalue weighted by molar-refractivity contribution is 6.01. The third kappa shape index (κ3) is 17.7. The fourth-order valence-electron chi connectivity index (χ4n) is 4.52. The maximum atomic E-state index is 12.2. The molecular weight excluding hydrogens is 568 g/mol. The number of carbonyl (C=O) groups is 5. The van der Waals surface area contributed by atoms with Gasteiger partial charge in [-0.25, -0.2) is 4.68 Å². The number of aromatic nitrogens is 3. The highest BCUT2D eigenvalue weighted by atomic mass is 16.5. The highest BCUT2D eigenvalue weighted by Gasteiger charge is 2.25. The van der Waals surface area contributed by atoms with Gasteiger partial charge in [-0.05, 0) is 38.5 Å². The Bertz CT molecular complexity index is 1030. The molecule has 0 fully saturated rings. The van der Waals surface area contributed by atoms with E-state index in [9.17, 15) is 24.0 Å². The number of unbranched alkanes of at least 4 members (excludes halogenated alkanes) is 2. The van der Waals surface area contributed by atoms with E-state index in [-0.39, 0.29) is 47.9 Å². The molecule has 0 spiro atoms. The zero-order valence-electron chi connectivity index (χ0n) is 26.9. The molecule has 44 heavy (non-hydrogen) atoms. The van der Waals surface area contributed by atoms with E-state index in [1.165, 1.54) is 0 Å². The number of nitrogens with zero attached hydrogens (tertiary/aromatic N) is 3. The quantitative estimate of drug-likeness (QED) is 0.0727. The SMILES string of the molecule is CC(C)NC(CCCCNC(=O)CCCOCCn1cc(CCC(=O)NCCCCC(C(N)=O)C(=O)C(C)C)nn1)C(N)=O. The lowest BCUT2D eigenvalue weighted by Gasteiger charge is -2.18. The molecule has 1 heterocycles. The number of Topliss-reactive ketones (excluding diaryl/α,β-unsaturated/α-hetero) is 1. The van der Waals surface area contributed by atoms with Crippen LogP contribution >= 0.6 is 0 Å². The van der Waals surface area contributed by atoms with Gasteiger partial charge in [-0.3, -0.25) is 24.0 Å². The number of rotatable bonds is 26. The van der Waals surface area contributed by atoms with Crippen LogP contribution in [0.2, 0.25) is 0 Å². The van der Waals surface area contributed by atoms with E-state index in [2.05, 4.69) is 26.3 Å². The molecule has 0 saturated carbocycles. The Balaban J connectivity index is 2.09. The first-order valence-corrected chi connectivity index (χ1v) is 15.8. The van der Waals surface area contributed by atoms with Gasteiger partial charge in [-0.2, -0.15) is 0 Å². The molecule has 0 aliphatic carbocycles. The standard InChI is InChI=1S/C30H54N8O6/c1-21(2)28(41)24(29(31)42)10-5-7-15-34-27(40)14-13-23-20-38(37-36-23)17-19-44-18-9-12-26(39)33-16-8-6-11-25(30(32)43)35-22(3)4/h20-22,24-25,35H,5-19H2,1-4H3,(H2,31,42)(H2,32,43)(H,33,39)(H,34,40). The number of nitrogens with one attached hydrogen (secondary N) is 3. The van der Waals surface area contributed by atoms with E-state index in [0.717, 1.165) is 12.8 Å². The number of hydrogen-bond acceptors (Lipinski definition) is 9. The summed E-state index contributed by atoms with van der Waals surface area (Å²) in [6.45, 7) is 9.84. The van der Waals surface area contributed by atoms with Gasteiger partial charge in [0.15, 0.2) is 0 Å². The molecule has 2 atom stereocenters. The minimum absolute atomic E-state index is 0.0276. The summed E-state index contributed by atoms with van der Waals surface area (Å²) in [5.74, 6) is -2.23. The number of ketones is 1. The zero-order valence-corrected chi connectivity index (χ0v) is 26.9. The smallest absolute Gasteiger partial charge is 0.234 e. The Hall–Kier alpha value is -3.39. The van der Waals surface area contributed by atoms with Crippen LogP contribution < -0.4 is 27.4 Å². The van der Waals surface area contributed by atoms with Crippen LogP contribution in [0.15, 0.2) is 6.20 Å². The number of nitrogens with two attached hydrogens (primary N) is 2. The first-order chi connectivity index (χ1) is 20.9. The van der Waals surface area contributed by atoms with E-state index in [1.807, 2.05) is 13.8 Å². The van der Waals surface area contributed by atoms with Crippen molar-refractivity contribution >= 4 is 29.4 Å². The molecule has 0 saturated heterocycles. The Kier molecular flexibility index (Phi) is 19.5. The van der Waals surface area contributed by atoms with Gasteiger partial charge in [-0.1, -0.05) is 39.3 Å². The summed E-state index contributed by atoms with van der Waals surface area (Å²) in [6, 6.07) is -0.167. The zero-order chi connectivity index (χ0) is 32.9. The fraction of sp³-hybridized carbons (Fsp3) is 0.767. The summed E-state index contributed by atoms with van der Waals surface area (Å²) >= 11 is 0. The Morgan fingerprint density at radius 2 is 1.48 bits per heavy atom. The molecule has 14 nitrogen and oxygen atoms in total. The lowest BCUT2D eigenvalue weighted by atomic mass is 9.90. The van der Waals surface area contributed by atoms with E-state index in [0.29, 0.717) is 83.5 Å². The van der Waals surface area contributed by atoms with Crippen LogP contribution in [0.5, 0.6) is 0 Å². The maximum Gasteiger partial charge on any atom is 0.234 e. The normalized spacial score (nSPS) is 12.7. The van der Waals surface area contributed by atoms with Crippen LogP contribution in [-0.4, -0.2) is 82.8 Å². The first-order valence-electron chi connectivity index (χ1n) is 15.8. The van der Waals surface area contributed by atoms with E-state index in [1.54, 1.807) is 24.7 Å². The first kappa shape index (κ1) is 38.6. The van der Waals surface area contributed by atoms with Crippen molar-refractivity contribution in [1.29, 1.82) is 0 Å². The number of primary amides is 2. The molecule has 0 aliphatic rings. The molecule has 1 rings (SSSR count). The molecule has 14 heteroatoms. The second kappa shape index (κ2) is 22.2. The lowest BCUT2D eigenvalue weighted by Crippen LogP contribution is -2.44. The Morgan fingerprint density at radius 3 is 2.07 bits per heavy atom. The van der Waals surface area contributed by atoms with Crippen LogP contribution in [0.25, 0.3) is 0 Å². The second-order valence-electron chi connectivity index (χ2n) is 11.7. The Morgan fingerprint density at radius 1 is 0.841 bits per heavy atom. The summed E-state index contributed by atoms with van der Waals surface area (Å²) in [5.41, 5.74) is 11.5. The molecule has 0 radical (unpaired) electrons. The summed E-state index contributed by atoms with van der Waals surface area (Å²) in [4.78, 5) is 59.2. The van der Waals surface area contributed by atoms with Gasteiger partial charge < -0.3 is 32.2 Å². The van der Waals surface area contributed by atoms with Crippen molar-refractivity contribution in [1.82, 2.24) is 30.9 Å². The third-order valence-corrected chi connectivity index (χ3v) is 6.97. The predicted molar refractivity (Wildman–Crippen MR) is 166 cm³/mol. The largest absolute Gasteiger partial charge is 0.380 e. The van der Waals surface area contributed by atoms with Crippen molar-refractivity contribution in [2.24, 2.45) is 23.3 Å². The molecule has 7 N–H and O–H groups in total. The molecule has 1 aromatic rings. The van der Waals surface area contributed by atoms with Crippen molar-refractivity contribution in [3.8, 4) is 0 Å². The van der Waals surface area contributed by atoms with Crippen molar-refractivity contribution in [2.75, 3.05) is 26.3 Å². The number of hydrogen-bond donors (Lipinski definition) is 5. The molecule has 2 unspecified atom stereocenters. The van der Waals surface area contributed by atoms with Gasteiger partial charge in [0.2, 0.25) is 23.6 Å². The average Bonchev–Trinajstić information content (AvgIpc) is 3.41. The summed E-state index contributed by atoms with van der Waals surface area (Å²) < 4.78 is 7.27. The maximum absolute atomic E-state index is 12.2. The molecule has 0 aromatic carbocycles. The molecule has 0 bridgehead atoms. The lowest BCUT2D eigenvalue weighted by molar-refractivity contribution is -0.134. The Labute approximate surface area is 261 Å². The van der Waals surface area contributed by atoms with Crippen LogP contribution in [-0.2, 0) is 41.7 Å². The second-order valence-corrected chi connectivity index (χ2v) is 11.7. The van der Waals surface area contributed by atoms with Crippen molar-refractivity contribution in [3.63, 3.8) is 0 Å². The van der Waals surface area contributed by atoms with Gasteiger partial charge in [-0.15, -0.1) is 5.10 Å². The van der Waals surface area contributed by atoms with Gasteiger partial charge in [0.05, 0.1) is 30.8 Å². The van der Waals surface area contributed by atoms with Crippen LogP contribution in [0.1, 0.15) is 91.2 Å². The molecule has 0 aliphatic heterocycles. The highest BCUT2D eigenvalue weighted by Crippen LogP contribution is 2.14. The van der Waals surface area contributed by atoms with Crippen molar-refractivity contribution < 1.29 is 28.7 Å². The summed E-state index contributed by atoms with van der Waals surface area (Å²) in [7, 11) is 0. The number of ether oxygens (including phenoxy) is 1. The van der Waals surface area contributed by atoms with E-state index < -0.39 is 11.8 Å². The van der Waals surface area contributed by atoms with E-state index in [4.69, 9.17) is 16.2 Å². The molecule has 250 valence electrons. The average molecular weight is 623 g/mol. The third-order valence-electron chi connectivity index (χ3n) is 6.97. The van der Waals surface area contributed by atoms with E-state index >= 15 is 0 Å². The fourth-order valence-corrected chi connectivity index (χ4v) is 4.52. The topological polar surface area (TPSA) is 213 Å².